The van der Waals surface area contributed by atoms with Gasteiger partial charge in [0.1, 0.15) is 10.8 Å². The van der Waals surface area contributed by atoms with E-state index < -0.39 is 0 Å². The van der Waals surface area contributed by atoms with Crippen molar-refractivity contribution in [2.75, 3.05) is 11.1 Å². The van der Waals surface area contributed by atoms with Crippen LogP contribution < -0.4 is 5.32 Å². The number of rotatable bonds is 4. The first-order chi connectivity index (χ1) is 9.04. The van der Waals surface area contributed by atoms with E-state index >= 15 is 0 Å². The molecule has 0 bridgehead atoms. The van der Waals surface area contributed by atoms with E-state index in [1.54, 1.807) is 13.0 Å². The van der Waals surface area contributed by atoms with Gasteiger partial charge in [-0.2, -0.15) is 0 Å². The van der Waals surface area contributed by atoms with Crippen LogP contribution in [0.2, 0.25) is 0 Å². The summed E-state index contributed by atoms with van der Waals surface area (Å²) in [6.07, 6.45) is 0. The van der Waals surface area contributed by atoms with Gasteiger partial charge in [-0.05, 0) is 37.6 Å². The van der Waals surface area contributed by atoms with Gasteiger partial charge in [0.25, 0.3) is 0 Å². The Balaban J connectivity index is 1.90. The summed E-state index contributed by atoms with van der Waals surface area (Å²) in [5.74, 6) is -0.201. The van der Waals surface area contributed by atoms with Gasteiger partial charge < -0.3 is 5.32 Å². The van der Waals surface area contributed by atoms with E-state index in [0.29, 0.717) is 11.3 Å². The van der Waals surface area contributed by atoms with Crippen molar-refractivity contribution in [1.82, 2.24) is 10.2 Å². The van der Waals surface area contributed by atoms with Crippen molar-refractivity contribution in [3.05, 3.63) is 34.6 Å². The molecule has 0 radical (unpaired) electrons. The van der Waals surface area contributed by atoms with Crippen LogP contribution in [0, 0.1) is 19.7 Å². The number of carbonyl (C=O) groups excluding carboxylic acids is 1. The number of nitrogens with one attached hydrogen (secondary N) is 1. The van der Waals surface area contributed by atoms with Crippen LogP contribution in [0.25, 0.3) is 0 Å². The highest BCUT2D eigenvalue weighted by molar-refractivity contribution is 8.01. The van der Waals surface area contributed by atoms with Crippen LogP contribution in [0.5, 0.6) is 0 Å². The lowest BCUT2D eigenvalue weighted by Crippen LogP contribution is -2.14. The van der Waals surface area contributed by atoms with E-state index in [-0.39, 0.29) is 17.5 Å². The van der Waals surface area contributed by atoms with E-state index in [0.717, 1.165) is 9.35 Å². The van der Waals surface area contributed by atoms with Gasteiger partial charge in [-0.15, -0.1) is 10.2 Å². The highest BCUT2D eigenvalue weighted by atomic mass is 32.2. The number of aryl methyl sites for hydroxylation is 2. The maximum atomic E-state index is 12.9. The highest BCUT2D eigenvalue weighted by Crippen LogP contribution is 2.22. The molecule has 7 heteroatoms. The first-order valence-corrected chi connectivity index (χ1v) is 7.34. The third-order valence-electron chi connectivity index (χ3n) is 2.30. The summed E-state index contributed by atoms with van der Waals surface area (Å²) in [6.45, 7) is 3.61. The van der Waals surface area contributed by atoms with Crippen molar-refractivity contribution in [1.29, 1.82) is 0 Å². The molecule has 1 aromatic heterocycles. The second-order valence-electron chi connectivity index (χ2n) is 3.88. The third kappa shape index (κ3) is 4.00. The minimum Gasteiger partial charge on any atom is -0.325 e. The molecule has 0 fully saturated rings. The molecule has 1 amide bonds. The maximum absolute atomic E-state index is 12.9. The Morgan fingerprint density at radius 1 is 1.42 bits per heavy atom. The highest BCUT2D eigenvalue weighted by Gasteiger charge is 2.08. The monoisotopic (exact) mass is 297 g/mol. The fraction of sp³-hybridized carbons (Fsp3) is 0.250. The zero-order valence-electron chi connectivity index (χ0n) is 10.4. The number of halogens is 1. The SMILES string of the molecule is Cc1nnc(SCC(=O)Nc2ccc(F)cc2C)s1. The van der Waals surface area contributed by atoms with Crippen LogP contribution >= 0.6 is 23.1 Å². The van der Waals surface area contributed by atoms with Crippen LogP contribution in [-0.2, 0) is 4.79 Å². The number of hydrogen-bond acceptors (Lipinski definition) is 5. The zero-order valence-corrected chi connectivity index (χ0v) is 12.1. The molecule has 0 atom stereocenters. The topological polar surface area (TPSA) is 54.9 Å². The van der Waals surface area contributed by atoms with Crippen molar-refractivity contribution in [3.63, 3.8) is 0 Å². The number of hydrogen-bond donors (Lipinski definition) is 1. The van der Waals surface area contributed by atoms with Crippen molar-refractivity contribution < 1.29 is 9.18 Å². The lowest BCUT2D eigenvalue weighted by Gasteiger charge is -2.07. The number of nitrogens with zero attached hydrogens (tertiary/aromatic N) is 2. The first-order valence-electron chi connectivity index (χ1n) is 5.53. The van der Waals surface area contributed by atoms with Crippen LogP contribution in [-0.4, -0.2) is 21.9 Å². The summed E-state index contributed by atoms with van der Waals surface area (Å²) < 4.78 is 13.7. The molecular formula is C12H12FN3OS2. The number of carbonyl (C=O) groups is 1. The van der Waals surface area contributed by atoms with E-state index in [9.17, 15) is 9.18 Å². The summed E-state index contributed by atoms with van der Waals surface area (Å²) in [4.78, 5) is 11.8. The van der Waals surface area contributed by atoms with Crippen molar-refractivity contribution in [3.8, 4) is 0 Å². The summed E-state index contributed by atoms with van der Waals surface area (Å²) in [5, 5.41) is 11.4. The van der Waals surface area contributed by atoms with Gasteiger partial charge in [0, 0.05) is 5.69 Å². The molecule has 1 N–H and O–H groups in total. The van der Waals surface area contributed by atoms with Gasteiger partial charge in [-0.25, -0.2) is 4.39 Å². The normalized spacial score (nSPS) is 10.5. The van der Waals surface area contributed by atoms with Crippen LogP contribution in [0.1, 0.15) is 10.6 Å². The lowest BCUT2D eigenvalue weighted by atomic mass is 10.2. The van der Waals surface area contributed by atoms with Crippen molar-refractivity contribution in [2.24, 2.45) is 0 Å². The quantitative estimate of drug-likeness (QED) is 0.881. The molecule has 4 nitrogen and oxygen atoms in total. The summed E-state index contributed by atoms with van der Waals surface area (Å²) in [5.41, 5.74) is 1.32. The average molecular weight is 297 g/mol. The second kappa shape index (κ2) is 6.12. The largest absolute Gasteiger partial charge is 0.325 e. The van der Waals surface area contributed by atoms with Gasteiger partial charge in [0.2, 0.25) is 5.91 Å². The summed E-state index contributed by atoms with van der Waals surface area (Å²) in [7, 11) is 0. The predicted molar refractivity (Wildman–Crippen MR) is 75.1 cm³/mol. The lowest BCUT2D eigenvalue weighted by molar-refractivity contribution is -0.113. The fourth-order valence-electron chi connectivity index (χ4n) is 1.42. The van der Waals surface area contributed by atoms with E-state index in [4.69, 9.17) is 0 Å². The number of aromatic nitrogens is 2. The Bertz CT molecular complexity index is 600. The molecule has 0 aliphatic carbocycles. The molecular weight excluding hydrogens is 285 g/mol. The van der Waals surface area contributed by atoms with Gasteiger partial charge in [-0.1, -0.05) is 23.1 Å². The molecule has 19 heavy (non-hydrogen) atoms. The Morgan fingerprint density at radius 3 is 2.84 bits per heavy atom. The minimum atomic E-state index is -0.311. The molecule has 2 aromatic rings. The van der Waals surface area contributed by atoms with Gasteiger partial charge in [0.05, 0.1) is 5.75 Å². The molecule has 100 valence electrons. The molecule has 1 heterocycles. The molecule has 0 unspecified atom stereocenters. The Hall–Kier alpha value is -1.47. The molecule has 2 rings (SSSR count). The molecule has 0 aliphatic rings. The standard InChI is InChI=1S/C12H12FN3OS2/c1-7-5-9(13)3-4-10(7)14-11(17)6-18-12-16-15-8(2)19-12/h3-5H,6H2,1-2H3,(H,14,17). The first kappa shape index (κ1) is 14.0. The smallest absolute Gasteiger partial charge is 0.234 e. The zero-order chi connectivity index (χ0) is 13.8. The number of thioether (sulfide) groups is 1. The number of amides is 1. The summed E-state index contributed by atoms with van der Waals surface area (Å²) >= 11 is 2.79. The Kier molecular flexibility index (Phi) is 4.49. The van der Waals surface area contributed by atoms with E-state index in [1.807, 2.05) is 6.92 Å². The van der Waals surface area contributed by atoms with Crippen LogP contribution in [0.15, 0.2) is 22.5 Å². The summed E-state index contributed by atoms with van der Waals surface area (Å²) in [6, 6.07) is 4.27. The van der Waals surface area contributed by atoms with Crippen LogP contribution in [0.3, 0.4) is 0 Å². The Morgan fingerprint density at radius 2 is 2.21 bits per heavy atom. The van der Waals surface area contributed by atoms with E-state index in [1.165, 1.54) is 35.2 Å². The van der Waals surface area contributed by atoms with Gasteiger partial charge in [0.15, 0.2) is 4.34 Å². The Labute approximate surface area is 118 Å². The maximum Gasteiger partial charge on any atom is 0.234 e. The number of anilines is 1. The second-order valence-corrected chi connectivity index (χ2v) is 6.29. The predicted octanol–water partition coefficient (Wildman–Crippen LogP) is 3.02. The fourth-order valence-corrected chi connectivity index (χ4v) is 3.03. The molecule has 0 aliphatic heterocycles. The van der Waals surface area contributed by atoms with Gasteiger partial charge >= 0.3 is 0 Å². The minimum absolute atomic E-state index is 0.146. The van der Waals surface area contributed by atoms with Crippen LogP contribution in [0.4, 0.5) is 10.1 Å². The van der Waals surface area contributed by atoms with E-state index in [2.05, 4.69) is 15.5 Å². The molecule has 0 saturated carbocycles. The molecule has 0 spiro atoms. The van der Waals surface area contributed by atoms with Crippen molar-refractivity contribution in [2.45, 2.75) is 18.2 Å². The third-order valence-corrected chi connectivity index (χ3v) is 4.27. The van der Waals surface area contributed by atoms with Gasteiger partial charge in [-0.3, -0.25) is 4.79 Å². The average Bonchev–Trinajstić information content (AvgIpc) is 2.76. The molecule has 0 saturated heterocycles. The number of benzene rings is 1. The molecule has 1 aromatic carbocycles. The van der Waals surface area contributed by atoms with Crippen molar-refractivity contribution >= 4 is 34.7 Å².